The lowest BCUT2D eigenvalue weighted by Crippen LogP contribution is -2.47. The van der Waals surface area contributed by atoms with Crippen LogP contribution in [0.2, 0.25) is 0 Å². The van der Waals surface area contributed by atoms with Crippen LogP contribution in [0.1, 0.15) is 95.9 Å². The molecule has 4 aliphatic heterocycles. The first kappa shape index (κ1) is 54.0. The zero-order chi connectivity index (χ0) is 47.9. The molecule has 2 fully saturated rings. The van der Waals surface area contributed by atoms with Crippen LogP contribution in [-0.4, -0.2) is 105 Å². The number of hydrogen-bond donors (Lipinski definition) is 1. The molecule has 12 atom stereocenters. The van der Waals surface area contributed by atoms with Gasteiger partial charge in [-0.15, -0.1) is 0 Å². The Bertz CT molecular complexity index is 1780. The molecule has 0 spiro atoms. The van der Waals surface area contributed by atoms with E-state index in [2.05, 4.69) is 57.5 Å². The molecule has 0 radical (unpaired) electrons. The largest absolute Gasteiger partial charge is 0.504 e. The van der Waals surface area contributed by atoms with E-state index in [0.29, 0.717) is 98.5 Å². The molecule has 2 unspecified atom stereocenters. The van der Waals surface area contributed by atoms with Crippen LogP contribution in [0, 0.1) is 35.5 Å². The van der Waals surface area contributed by atoms with Gasteiger partial charge in [-0.3, -0.25) is 9.59 Å². The number of alkyl halides is 1. The fourth-order valence-electron chi connectivity index (χ4n) is 7.76. The van der Waals surface area contributed by atoms with Gasteiger partial charge >= 0.3 is 23.9 Å². The molecule has 0 aliphatic carbocycles. The summed E-state index contributed by atoms with van der Waals surface area (Å²) in [7, 11) is 0. The highest BCUT2D eigenvalue weighted by Crippen LogP contribution is 2.47. The molecule has 0 saturated carbocycles. The number of fused-ring (bicyclic) bond motifs is 2. The second-order valence-corrected chi connectivity index (χ2v) is 17.8. The van der Waals surface area contributed by atoms with Gasteiger partial charge in [0, 0.05) is 51.3 Å². The summed E-state index contributed by atoms with van der Waals surface area (Å²) >= 11 is 3.39. The Hall–Kier alpha value is -3.58. The first-order valence-electron chi connectivity index (χ1n) is 22.8. The molecule has 2 aromatic rings. The summed E-state index contributed by atoms with van der Waals surface area (Å²) < 4.78 is 73.3. The van der Waals surface area contributed by atoms with Gasteiger partial charge in [-0.25, -0.2) is 0 Å². The van der Waals surface area contributed by atoms with Crippen molar-refractivity contribution in [1.29, 1.82) is 0 Å². The molecule has 16 nitrogen and oxygen atoms in total. The van der Waals surface area contributed by atoms with E-state index in [0.717, 1.165) is 11.8 Å². The molecule has 0 bridgehead atoms. The van der Waals surface area contributed by atoms with Crippen LogP contribution in [-0.2, 0) is 47.5 Å². The van der Waals surface area contributed by atoms with Gasteiger partial charge in [0.1, 0.15) is 13.2 Å². The van der Waals surface area contributed by atoms with Crippen LogP contribution in [0.4, 0.5) is 0 Å². The van der Waals surface area contributed by atoms with Gasteiger partial charge < -0.3 is 66.7 Å². The van der Waals surface area contributed by atoms with Gasteiger partial charge in [0.25, 0.3) is 0 Å². The first-order chi connectivity index (χ1) is 30.9. The number of carbonyl (C=O) groups is 2. The number of phenolic OH excluding ortho intramolecular Hbond substituents is 1. The third-order valence-corrected chi connectivity index (χ3v) is 12.7. The highest BCUT2D eigenvalue weighted by molar-refractivity contribution is 9.09. The monoisotopic (exact) mass is 984 g/mol. The minimum Gasteiger partial charge on any atom is -0.504 e. The van der Waals surface area contributed by atoms with E-state index >= 15 is 0 Å². The number of hydrogen-bond acceptors (Lipinski definition) is 16. The zero-order valence-corrected chi connectivity index (χ0v) is 41.8. The average molecular weight is 986 g/mol. The molecule has 4 aliphatic rings. The number of esters is 2. The van der Waals surface area contributed by atoms with Crippen LogP contribution in [0.15, 0.2) is 36.4 Å². The Kier molecular flexibility index (Phi) is 21.2. The fourth-order valence-corrected chi connectivity index (χ4v) is 7.99. The van der Waals surface area contributed by atoms with Crippen LogP contribution < -0.4 is 23.7 Å². The van der Waals surface area contributed by atoms with Crippen LogP contribution in [0.25, 0.3) is 0 Å². The van der Waals surface area contributed by atoms with Crippen molar-refractivity contribution in [2.75, 3.05) is 51.6 Å². The second kappa shape index (κ2) is 25.5. The predicted molar refractivity (Wildman–Crippen MR) is 243 cm³/mol. The number of ether oxygens (including phenoxy) is 13. The van der Waals surface area contributed by atoms with Crippen molar-refractivity contribution < 1.29 is 76.3 Å². The third-order valence-electron chi connectivity index (χ3n) is 12.1. The number of aromatic hydroxyl groups is 1. The summed E-state index contributed by atoms with van der Waals surface area (Å²) in [5.74, 6) is 1.90. The standard InChI is InChI=1S/C24H36O8.C14H25BrO4.C10H12O4/c1-7-29-24(6)31-20-11-8-10-19(22(20)32-24)26-12-9-13-27-23-17(4)15(2)16(3)21(30-23)14-28-18(5)25;1-9-10(2)13(8-18-12(4)16)19-14(11(9)3)17-7-5-6-15;1-3-12-10(2)13-8-6-4-5-7(11)9(8)14-10/h8,10-11,15-17,21,23H,7,9,12-14H2,1-6H3;9-11,13-14H,5-8H2,1-4H3;4-6,11H,3H2,1-2H3/t15-,16-,17+,21+,23+,24?;9-,10-,11+,13+,14+;/m00./s1. The quantitative estimate of drug-likeness (QED) is 0.0850. The van der Waals surface area contributed by atoms with E-state index in [9.17, 15) is 14.7 Å². The van der Waals surface area contributed by atoms with Crippen molar-refractivity contribution in [1.82, 2.24) is 0 Å². The van der Waals surface area contributed by atoms with Crippen LogP contribution in [0.3, 0.4) is 0 Å². The summed E-state index contributed by atoms with van der Waals surface area (Å²) in [6.07, 6.45) is 0.847. The molecule has 6 rings (SSSR count). The van der Waals surface area contributed by atoms with Crippen molar-refractivity contribution in [3.8, 4) is 34.5 Å². The van der Waals surface area contributed by atoms with Crippen molar-refractivity contribution in [2.45, 2.75) is 133 Å². The van der Waals surface area contributed by atoms with Crippen molar-refractivity contribution in [3.63, 3.8) is 0 Å². The Morgan fingerprint density at radius 1 is 0.631 bits per heavy atom. The predicted octanol–water partition coefficient (Wildman–Crippen LogP) is 9.01. The van der Waals surface area contributed by atoms with E-state index in [-0.39, 0.29) is 60.9 Å². The lowest BCUT2D eigenvalue weighted by Gasteiger charge is -2.43. The van der Waals surface area contributed by atoms with E-state index < -0.39 is 11.9 Å². The maximum atomic E-state index is 11.2. The first-order valence-corrected chi connectivity index (χ1v) is 24.0. The van der Waals surface area contributed by atoms with E-state index in [1.807, 2.05) is 32.0 Å². The van der Waals surface area contributed by atoms with Crippen molar-refractivity contribution >= 4 is 27.9 Å². The SMILES string of the molecule is CC(=O)OC[C@H]1O[C@@H](OCCCBr)[C@H](C)[C@@H](C)[C@@H]1C.CCOC1(C)Oc2cccc(O)c2O1.CCOC1(C)Oc2cccc(OCCCO[C@@H]3O[C@H](COC(C)=O)[C@@H](C)[C@H](C)[C@H]3C)c2O1. The lowest BCUT2D eigenvalue weighted by molar-refractivity contribution is -0.267. The number of phenols is 1. The molecule has 2 aromatic carbocycles. The minimum atomic E-state index is -1.13. The van der Waals surface area contributed by atoms with Crippen LogP contribution >= 0.6 is 15.9 Å². The summed E-state index contributed by atoms with van der Waals surface area (Å²) in [5.41, 5.74) is 0. The number of para-hydroxylation sites is 2. The van der Waals surface area contributed by atoms with Gasteiger partial charge in [-0.05, 0) is 68.2 Å². The molecule has 0 amide bonds. The zero-order valence-electron chi connectivity index (χ0n) is 40.3. The molecule has 65 heavy (non-hydrogen) atoms. The van der Waals surface area contributed by atoms with E-state index in [1.165, 1.54) is 13.8 Å². The molecule has 0 aromatic heterocycles. The Labute approximate surface area is 393 Å². The Morgan fingerprint density at radius 3 is 1.55 bits per heavy atom. The molecular formula is C48H73BrO16. The summed E-state index contributed by atoms with van der Waals surface area (Å²) in [6.45, 7) is 26.0. The molecule has 1 N–H and O–H groups in total. The number of rotatable bonds is 18. The van der Waals surface area contributed by atoms with Gasteiger partial charge in [-0.1, -0.05) is 69.6 Å². The van der Waals surface area contributed by atoms with Gasteiger partial charge in [0.15, 0.2) is 35.6 Å². The van der Waals surface area contributed by atoms with E-state index in [4.69, 9.17) is 61.6 Å². The van der Waals surface area contributed by atoms with Crippen molar-refractivity contribution in [2.24, 2.45) is 35.5 Å². The van der Waals surface area contributed by atoms with E-state index in [1.54, 1.807) is 32.0 Å². The Balaban J connectivity index is 0.000000236. The summed E-state index contributed by atoms with van der Waals surface area (Å²) in [5, 5.41) is 10.4. The van der Waals surface area contributed by atoms with Crippen molar-refractivity contribution in [3.05, 3.63) is 36.4 Å². The molecular weight excluding hydrogens is 912 g/mol. The minimum absolute atomic E-state index is 0.0610. The number of benzene rings is 2. The molecule has 4 heterocycles. The fraction of sp³-hybridized carbons (Fsp3) is 0.708. The summed E-state index contributed by atoms with van der Waals surface area (Å²) in [4.78, 5) is 22.1. The maximum absolute atomic E-state index is 11.2. The van der Waals surface area contributed by atoms with Gasteiger partial charge in [0.05, 0.1) is 45.2 Å². The Morgan fingerprint density at radius 2 is 1.09 bits per heavy atom. The topological polar surface area (TPSA) is 174 Å². The smallest absolute Gasteiger partial charge is 0.369 e. The maximum Gasteiger partial charge on any atom is 0.369 e. The molecule has 17 heteroatoms. The number of halogens is 1. The normalized spacial score (nSPS) is 30.8. The molecule has 368 valence electrons. The van der Waals surface area contributed by atoms with Gasteiger partial charge in [-0.2, -0.15) is 0 Å². The average Bonchev–Trinajstić information content (AvgIpc) is 3.79. The third kappa shape index (κ3) is 15.5. The summed E-state index contributed by atoms with van der Waals surface area (Å²) in [6, 6.07) is 10.5. The number of carbonyl (C=O) groups excluding carboxylic acids is 2. The molecule has 2 saturated heterocycles. The highest BCUT2D eigenvalue weighted by atomic mass is 79.9. The highest BCUT2D eigenvalue weighted by Gasteiger charge is 2.43. The second-order valence-electron chi connectivity index (χ2n) is 17.0. The lowest BCUT2D eigenvalue weighted by atomic mass is 9.79. The van der Waals surface area contributed by atoms with Crippen LogP contribution in [0.5, 0.6) is 34.5 Å². The van der Waals surface area contributed by atoms with Gasteiger partial charge in [0.2, 0.25) is 11.5 Å².